The summed E-state index contributed by atoms with van der Waals surface area (Å²) in [6.07, 6.45) is -9.03. The lowest BCUT2D eigenvalue weighted by molar-refractivity contribution is -0.143. The molecule has 1 aromatic heterocycles. The fraction of sp³-hybridized carbons (Fsp3) is 0.143. The van der Waals surface area contributed by atoms with Gasteiger partial charge in [-0.05, 0) is 30.3 Å². The first-order valence-electron chi connectivity index (χ1n) is 6.42. The van der Waals surface area contributed by atoms with Crippen LogP contribution >= 0.6 is 0 Å². The van der Waals surface area contributed by atoms with Crippen LogP contribution in [0.2, 0.25) is 0 Å². The molecule has 5 nitrogen and oxygen atoms in total. The van der Waals surface area contributed by atoms with Crippen molar-refractivity contribution in [3.05, 3.63) is 59.0 Å². The molecule has 11 heteroatoms. The Balaban J connectivity index is 2.24. The van der Waals surface area contributed by atoms with Gasteiger partial charge in [0.2, 0.25) is 0 Å². The molecule has 1 aromatic carbocycles. The van der Waals surface area contributed by atoms with Gasteiger partial charge in [-0.25, -0.2) is 0 Å². The Labute approximate surface area is 135 Å². The van der Waals surface area contributed by atoms with Gasteiger partial charge in [-0.15, -0.1) is 0 Å². The summed E-state index contributed by atoms with van der Waals surface area (Å²) in [5.41, 5.74) is -0.709. The van der Waals surface area contributed by atoms with E-state index in [1.54, 1.807) is 10.9 Å². The van der Waals surface area contributed by atoms with Gasteiger partial charge in [0, 0.05) is 5.56 Å². The molecule has 0 saturated carbocycles. The average Bonchev–Trinajstić information content (AvgIpc) is 3.04. The van der Waals surface area contributed by atoms with Crippen molar-refractivity contribution in [2.75, 3.05) is 0 Å². The Kier molecular flexibility index (Phi) is 4.77. The number of amides is 2. The van der Waals surface area contributed by atoms with Crippen LogP contribution in [0.3, 0.4) is 0 Å². The highest BCUT2D eigenvalue weighted by Gasteiger charge is 2.37. The van der Waals surface area contributed by atoms with E-state index in [1.807, 2.05) is 0 Å². The first-order valence-corrected chi connectivity index (χ1v) is 6.42. The number of furan rings is 1. The van der Waals surface area contributed by atoms with E-state index in [0.717, 1.165) is 6.26 Å². The van der Waals surface area contributed by atoms with Gasteiger partial charge in [0.15, 0.2) is 5.76 Å². The Morgan fingerprint density at radius 1 is 0.840 bits per heavy atom. The number of halogens is 6. The number of hydrazine groups is 1. The molecular formula is C14H8F6N2O3. The summed E-state index contributed by atoms with van der Waals surface area (Å²) in [5.74, 6) is -2.53. The van der Waals surface area contributed by atoms with Gasteiger partial charge >= 0.3 is 18.3 Å². The topological polar surface area (TPSA) is 71.3 Å². The van der Waals surface area contributed by atoms with E-state index in [2.05, 4.69) is 0 Å². The predicted molar refractivity (Wildman–Crippen MR) is 70.1 cm³/mol. The Morgan fingerprint density at radius 2 is 1.36 bits per heavy atom. The molecule has 1 heterocycles. The van der Waals surface area contributed by atoms with Crippen molar-refractivity contribution in [2.45, 2.75) is 12.4 Å². The van der Waals surface area contributed by atoms with Crippen LogP contribution in [0.4, 0.5) is 26.3 Å². The molecule has 0 bridgehead atoms. The molecule has 0 fully saturated rings. The first-order chi connectivity index (χ1) is 11.5. The lowest BCUT2D eigenvalue weighted by Gasteiger charge is -2.14. The van der Waals surface area contributed by atoms with Crippen molar-refractivity contribution < 1.29 is 40.3 Å². The van der Waals surface area contributed by atoms with E-state index >= 15 is 0 Å². The smallest absolute Gasteiger partial charge is 0.416 e. The highest BCUT2D eigenvalue weighted by atomic mass is 19.4. The highest BCUT2D eigenvalue weighted by molar-refractivity contribution is 5.98. The van der Waals surface area contributed by atoms with Gasteiger partial charge in [-0.1, -0.05) is 0 Å². The van der Waals surface area contributed by atoms with E-state index in [9.17, 15) is 35.9 Å². The van der Waals surface area contributed by atoms with Gasteiger partial charge < -0.3 is 4.42 Å². The molecule has 134 valence electrons. The zero-order chi connectivity index (χ0) is 18.8. The fourth-order valence-electron chi connectivity index (χ4n) is 1.74. The summed E-state index contributed by atoms with van der Waals surface area (Å²) >= 11 is 0. The van der Waals surface area contributed by atoms with Gasteiger partial charge in [0.05, 0.1) is 17.4 Å². The van der Waals surface area contributed by atoms with E-state index in [0.29, 0.717) is 0 Å². The van der Waals surface area contributed by atoms with Crippen LogP contribution in [0.5, 0.6) is 0 Å². The van der Waals surface area contributed by atoms with E-state index in [4.69, 9.17) is 4.42 Å². The molecular weight excluding hydrogens is 358 g/mol. The van der Waals surface area contributed by atoms with Gasteiger partial charge in [0.25, 0.3) is 5.91 Å². The minimum absolute atomic E-state index is 0.113. The van der Waals surface area contributed by atoms with Crippen molar-refractivity contribution in [3.63, 3.8) is 0 Å². The largest absolute Gasteiger partial charge is 0.459 e. The van der Waals surface area contributed by atoms with Crippen LogP contribution < -0.4 is 10.9 Å². The number of carbonyl (C=O) groups excluding carboxylic acids is 2. The maximum atomic E-state index is 12.7. The molecule has 0 aliphatic carbocycles. The normalized spacial score (nSPS) is 11.9. The third kappa shape index (κ3) is 4.52. The van der Waals surface area contributed by atoms with Crippen molar-refractivity contribution in [3.8, 4) is 0 Å². The van der Waals surface area contributed by atoms with Gasteiger partial charge in [0.1, 0.15) is 0 Å². The molecule has 0 radical (unpaired) electrons. The first kappa shape index (κ1) is 18.4. The minimum Gasteiger partial charge on any atom is -0.459 e. The Hall–Kier alpha value is -2.98. The summed E-state index contributed by atoms with van der Waals surface area (Å²) < 4.78 is 81.0. The van der Waals surface area contributed by atoms with E-state index in [-0.39, 0.29) is 24.0 Å². The summed E-state index contributed by atoms with van der Waals surface area (Å²) in [4.78, 5) is 23.3. The fourth-order valence-corrected chi connectivity index (χ4v) is 1.74. The number of hydrogen-bond donors (Lipinski definition) is 2. The number of carbonyl (C=O) groups is 2. The molecule has 0 spiro atoms. The van der Waals surface area contributed by atoms with Crippen LogP contribution in [0, 0.1) is 0 Å². The summed E-state index contributed by atoms with van der Waals surface area (Å²) in [6.45, 7) is 0. The van der Waals surface area contributed by atoms with Crippen LogP contribution in [0.15, 0.2) is 41.0 Å². The van der Waals surface area contributed by atoms with Crippen LogP contribution in [-0.2, 0) is 12.4 Å². The van der Waals surface area contributed by atoms with Crippen LogP contribution in [0.1, 0.15) is 32.0 Å². The molecule has 2 amide bonds. The Morgan fingerprint density at radius 3 is 1.80 bits per heavy atom. The Bertz CT molecular complexity index is 749. The summed E-state index contributed by atoms with van der Waals surface area (Å²) in [6, 6.07) is 2.96. The minimum atomic E-state index is -5.09. The predicted octanol–water partition coefficient (Wildman–Crippen LogP) is 3.39. The number of hydrogen-bond acceptors (Lipinski definition) is 3. The summed E-state index contributed by atoms with van der Waals surface area (Å²) in [7, 11) is 0. The maximum Gasteiger partial charge on any atom is 0.416 e. The molecule has 0 aliphatic rings. The van der Waals surface area contributed by atoms with Crippen molar-refractivity contribution in [1.82, 2.24) is 10.9 Å². The van der Waals surface area contributed by atoms with Crippen LogP contribution in [-0.4, -0.2) is 11.8 Å². The van der Waals surface area contributed by atoms with E-state index < -0.39 is 40.9 Å². The van der Waals surface area contributed by atoms with Crippen molar-refractivity contribution >= 4 is 11.8 Å². The SMILES string of the molecule is O=C(NNC(=O)c1ccco1)c1cc(C(F)(F)F)cc(C(F)(F)F)c1. The molecule has 2 N–H and O–H groups in total. The number of nitrogens with one attached hydrogen (secondary N) is 2. The second-order valence-electron chi connectivity index (χ2n) is 4.68. The highest BCUT2D eigenvalue weighted by Crippen LogP contribution is 2.36. The lowest BCUT2D eigenvalue weighted by Crippen LogP contribution is -2.41. The third-order valence-electron chi connectivity index (χ3n) is 2.88. The van der Waals surface area contributed by atoms with Gasteiger partial charge in [-0.2, -0.15) is 26.3 Å². The summed E-state index contributed by atoms with van der Waals surface area (Å²) in [5, 5.41) is 0. The van der Waals surface area contributed by atoms with Crippen molar-refractivity contribution in [1.29, 1.82) is 0 Å². The molecule has 2 aromatic rings. The standard InChI is InChI=1S/C14H8F6N2O3/c15-13(16,17)8-4-7(5-9(6-8)14(18,19)20)11(23)21-22-12(24)10-2-1-3-25-10/h1-6H,(H,21,23)(H,22,24). The third-order valence-corrected chi connectivity index (χ3v) is 2.88. The molecule has 0 unspecified atom stereocenters. The lowest BCUT2D eigenvalue weighted by atomic mass is 10.0. The molecule has 25 heavy (non-hydrogen) atoms. The zero-order valence-corrected chi connectivity index (χ0v) is 12.0. The van der Waals surface area contributed by atoms with E-state index in [1.165, 1.54) is 12.1 Å². The molecule has 0 atom stereocenters. The number of alkyl halides is 6. The monoisotopic (exact) mass is 366 g/mol. The maximum absolute atomic E-state index is 12.7. The molecule has 2 rings (SSSR count). The quantitative estimate of drug-likeness (QED) is 0.632. The number of rotatable bonds is 2. The zero-order valence-electron chi connectivity index (χ0n) is 12.0. The van der Waals surface area contributed by atoms with Crippen LogP contribution in [0.25, 0.3) is 0 Å². The van der Waals surface area contributed by atoms with Gasteiger partial charge in [-0.3, -0.25) is 20.4 Å². The average molecular weight is 366 g/mol. The second kappa shape index (κ2) is 6.49. The second-order valence-corrected chi connectivity index (χ2v) is 4.68. The number of benzene rings is 1. The molecule has 0 saturated heterocycles. The van der Waals surface area contributed by atoms with Crippen molar-refractivity contribution in [2.24, 2.45) is 0 Å². The molecule has 0 aliphatic heterocycles.